The lowest BCUT2D eigenvalue weighted by Crippen LogP contribution is -2.25. The molecule has 3 aromatic rings. The van der Waals surface area contributed by atoms with Gasteiger partial charge in [-0.2, -0.15) is 0 Å². The molecule has 2 heterocycles. The molecule has 1 aliphatic rings. The van der Waals surface area contributed by atoms with Crippen molar-refractivity contribution < 1.29 is 18.3 Å². The Hall–Kier alpha value is -3.22. The third-order valence-corrected chi connectivity index (χ3v) is 4.41. The van der Waals surface area contributed by atoms with E-state index in [2.05, 4.69) is 10.3 Å². The van der Waals surface area contributed by atoms with Crippen molar-refractivity contribution >= 4 is 11.7 Å². The molecule has 7 heteroatoms. The van der Waals surface area contributed by atoms with E-state index in [-0.39, 0.29) is 23.9 Å². The molecule has 5 nitrogen and oxygen atoms in total. The van der Waals surface area contributed by atoms with Crippen LogP contribution in [-0.2, 0) is 4.79 Å². The molecule has 0 spiro atoms. The second-order valence-corrected chi connectivity index (χ2v) is 6.02. The van der Waals surface area contributed by atoms with Crippen molar-refractivity contribution in [2.45, 2.75) is 12.3 Å². The zero-order valence-corrected chi connectivity index (χ0v) is 13.9. The van der Waals surface area contributed by atoms with E-state index in [0.29, 0.717) is 17.3 Å². The van der Waals surface area contributed by atoms with Crippen LogP contribution in [0.2, 0.25) is 0 Å². The average Bonchev–Trinajstić information content (AvgIpc) is 3.04. The molecule has 1 amide bonds. The lowest BCUT2D eigenvalue weighted by atomic mass is 9.89. The third-order valence-electron chi connectivity index (χ3n) is 4.41. The molecule has 0 fully saturated rings. The summed E-state index contributed by atoms with van der Waals surface area (Å²) in [7, 11) is 1.57. The Morgan fingerprint density at radius 3 is 2.65 bits per heavy atom. The molecular weight excluding hydrogens is 340 g/mol. The van der Waals surface area contributed by atoms with E-state index in [4.69, 9.17) is 4.74 Å². The molecule has 0 aliphatic carbocycles. The number of benzene rings is 2. The van der Waals surface area contributed by atoms with Crippen molar-refractivity contribution in [3.8, 4) is 11.4 Å². The zero-order valence-electron chi connectivity index (χ0n) is 13.9. The number of aromatic nitrogens is 2. The highest BCUT2D eigenvalue weighted by Crippen LogP contribution is 2.40. The standard InChI is InChI=1S/C19H15F2N3O2/c1-26-16-5-3-2-4-14(16)15-9-17(25)23-19-18(15)22-10-24(19)13-7-11(20)6-12(21)8-13/h2-8,10,15H,9H2,1H3,(H,23,25). The van der Waals surface area contributed by atoms with Crippen molar-refractivity contribution in [3.05, 3.63) is 71.7 Å². The number of hydrogen-bond donors (Lipinski definition) is 1. The number of nitrogens with one attached hydrogen (secondary N) is 1. The van der Waals surface area contributed by atoms with Crippen LogP contribution in [0, 0.1) is 11.6 Å². The number of ether oxygens (including phenoxy) is 1. The van der Waals surface area contributed by atoms with E-state index in [1.807, 2.05) is 24.3 Å². The Morgan fingerprint density at radius 1 is 1.19 bits per heavy atom. The predicted octanol–water partition coefficient (Wildman–Crippen LogP) is 3.63. The maximum Gasteiger partial charge on any atom is 0.226 e. The van der Waals surface area contributed by atoms with E-state index in [0.717, 1.165) is 11.6 Å². The van der Waals surface area contributed by atoms with E-state index in [9.17, 15) is 13.6 Å². The first-order valence-electron chi connectivity index (χ1n) is 8.03. The molecule has 0 saturated carbocycles. The van der Waals surface area contributed by atoms with Gasteiger partial charge in [-0.1, -0.05) is 18.2 Å². The van der Waals surface area contributed by atoms with Crippen LogP contribution in [0.3, 0.4) is 0 Å². The maximum atomic E-state index is 13.6. The Bertz CT molecular complexity index is 980. The van der Waals surface area contributed by atoms with E-state index < -0.39 is 11.6 Å². The minimum atomic E-state index is -0.703. The zero-order chi connectivity index (χ0) is 18.3. The highest BCUT2D eigenvalue weighted by Gasteiger charge is 2.32. The number of carbonyl (C=O) groups excluding carboxylic acids is 1. The number of hydrogen-bond acceptors (Lipinski definition) is 3. The van der Waals surface area contributed by atoms with Crippen LogP contribution in [0.4, 0.5) is 14.6 Å². The number of methoxy groups -OCH3 is 1. The normalized spacial score (nSPS) is 16.1. The summed E-state index contributed by atoms with van der Waals surface area (Å²) in [5.41, 5.74) is 1.71. The first-order valence-corrected chi connectivity index (χ1v) is 8.03. The summed E-state index contributed by atoms with van der Waals surface area (Å²) in [5.74, 6) is -0.857. The molecule has 1 N–H and O–H groups in total. The number of carbonyl (C=O) groups is 1. The van der Waals surface area contributed by atoms with Gasteiger partial charge in [0, 0.05) is 24.0 Å². The monoisotopic (exact) mass is 355 g/mol. The summed E-state index contributed by atoms with van der Waals surface area (Å²) in [6.07, 6.45) is 1.66. The largest absolute Gasteiger partial charge is 0.496 e. The molecule has 26 heavy (non-hydrogen) atoms. The SMILES string of the molecule is COc1ccccc1C1CC(=O)Nc2c1ncn2-c1cc(F)cc(F)c1. The quantitative estimate of drug-likeness (QED) is 0.781. The highest BCUT2D eigenvalue weighted by atomic mass is 19.1. The van der Waals surface area contributed by atoms with Gasteiger partial charge in [-0.3, -0.25) is 9.36 Å². The van der Waals surface area contributed by atoms with Crippen LogP contribution in [0.15, 0.2) is 48.8 Å². The minimum Gasteiger partial charge on any atom is -0.496 e. The fourth-order valence-electron chi connectivity index (χ4n) is 3.29. The Balaban J connectivity index is 1.85. The van der Waals surface area contributed by atoms with Crippen LogP contribution < -0.4 is 10.1 Å². The van der Waals surface area contributed by atoms with E-state index in [1.165, 1.54) is 23.0 Å². The van der Waals surface area contributed by atoms with Crippen LogP contribution in [0.25, 0.3) is 5.69 Å². The van der Waals surface area contributed by atoms with E-state index in [1.54, 1.807) is 7.11 Å². The molecule has 1 unspecified atom stereocenters. The first-order chi connectivity index (χ1) is 12.6. The Morgan fingerprint density at radius 2 is 1.92 bits per heavy atom. The molecule has 2 aromatic carbocycles. The number of anilines is 1. The van der Waals surface area contributed by atoms with Crippen LogP contribution in [0.5, 0.6) is 5.75 Å². The van der Waals surface area contributed by atoms with Gasteiger partial charge in [-0.15, -0.1) is 0 Å². The van der Waals surface area contributed by atoms with Gasteiger partial charge in [0.2, 0.25) is 5.91 Å². The van der Waals surface area contributed by atoms with Crippen LogP contribution in [0.1, 0.15) is 23.6 Å². The van der Waals surface area contributed by atoms with Gasteiger partial charge < -0.3 is 10.1 Å². The maximum absolute atomic E-state index is 13.6. The van der Waals surface area contributed by atoms with Crippen molar-refractivity contribution in [2.24, 2.45) is 0 Å². The Labute approximate surface area is 148 Å². The number of amides is 1. The third kappa shape index (κ3) is 2.71. The van der Waals surface area contributed by atoms with E-state index >= 15 is 0 Å². The average molecular weight is 355 g/mol. The van der Waals surface area contributed by atoms with Gasteiger partial charge in [0.15, 0.2) is 0 Å². The number of imidazole rings is 1. The van der Waals surface area contributed by atoms with Gasteiger partial charge in [0.05, 0.1) is 18.5 Å². The van der Waals surface area contributed by atoms with Crippen molar-refractivity contribution in [3.63, 3.8) is 0 Å². The molecule has 4 rings (SSSR count). The molecule has 132 valence electrons. The topological polar surface area (TPSA) is 56.1 Å². The lowest BCUT2D eigenvalue weighted by Gasteiger charge is -2.24. The predicted molar refractivity (Wildman–Crippen MR) is 91.6 cm³/mol. The van der Waals surface area contributed by atoms with Gasteiger partial charge in [0.1, 0.15) is 29.5 Å². The van der Waals surface area contributed by atoms with Gasteiger partial charge in [-0.05, 0) is 18.2 Å². The van der Waals surface area contributed by atoms with Crippen molar-refractivity contribution in [1.29, 1.82) is 0 Å². The number of rotatable bonds is 3. The highest BCUT2D eigenvalue weighted by molar-refractivity contribution is 5.94. The fraction of sp³-hybridized carbons (Fsp3) is 0.158. The van der Waals surface area contributed by atoms with Gasteiger partial charge >= 0.3 is 0 Å². The number of halogens is 2. The summed E-state index contributed by atoms with van der Waals surface area (Å²) in [6, 6.07) is 10.6. The van der Waals surface area contributed by atoms with Crippen molar-refractivity contribution in [1.82, 2.24) is 9.55 Å². The summed E-state index contributed by atoms with van der Waals surface area (Å²) in [6.45, 7) is 0. The second kappa shape index (κ2) is 6.25. The summed E-state index contributed by atoms with van der Waals surface area (Å²) in [4.78, 5) is 16.7. The second-order valence-electron chi connectivity index (χ2n) is 6.02. The lowest BCUT2D eigenvalue weighted by molar-refractivity contribution is -0.116. The summed E-state index contributed by atoms with van der Waals surface area (Å²) < 4.78 is 34.1. The van der Waals surface area contributed by atoms with Crippen LogP contribution in [-0.4, -0.2) is 22.6 Å². The number of fused-ring (bicyclic) bond motifs is 1. The summed E-state index contributed by atoms with van der Waals surface area (Å²) >= 11 is 0. The molecule has 1 aliphatic heterocycles. The van der Waals surface area contributed by atoms with Gasteiger partial charge in [0.25, 0.3) is 0 Å². The molecule has 0 radical (unpaired) electrons. The molecular formula is C19H15F2N3O2. The first kappa shape index (κ1) is 16.3. The van der Waals surface area contributed by atoms with Crippen molar-refractivity contribution in [2.75, 3.05) is 12.4 Å². The summed E-state index contributed by atoms with van der Waals surface area (Å²) in [5, 5.41) is 2.76. The molecule has 0 saturated heterocycles. The van der Waals surface area contributed by atoms with Gasteiger partial charge in [-0.25, -0.2) is 13.8 Å². The smallest absolute Gasteiger partial charge is 0.226 e. The number of para-hydroxylation sites is 1. The molecule has 1 atom stereocenters. The molecule has 0 bridgehead atoms. The Kier molecular flexibility index (Phi) is 3.91. The number of nitrogens with zero attached hydrogens (tertiary/aromatic N) is 2. The van der Waals surface area contributed by atoms with Crippen LogP contribution >= 0.6 is 0 Å². The minimum absolute atomic E-state index is 0.202. The molecule has 1 aromatic heterocycles. The fourth-order valence-corrected chi connectivity index (χ4v) is 3.29.